The second kappa shape index (κ2) is 4.72. The number of nitrogens with zero attached hydrogens (tertiary/aromatic N) is 2. The van der Waals surface area contributed by atoms with Crippen LogP contribution in [0.15, 0.2) is 6.33 Å². The highest BCUT2D eigenvalue weighted by molar-refractivity contribution is 8.00. The molecule has 1 aromatic rings. The van der Waals surface area contributed by atoms with Gasteiger partial charge in [-0.25, -0.2) is 9.97 Å². The Bertz CT molecular complexity index is 401. The summed E-state index contributed by atoms with van der Waals surface area (Å²) in [5.41, 5.74) is 6.95. The zero-order valence-corrected chi connectivity index (χ0v) is 11.5. The summed E-state index contributed by atoms with van der Waals surface area (Å²) in [5, 5.41) is 3.44. The standard InChI is InChI=1S/C12H20N4S/c1-8(2)9-10(13)15-7-16-11(9)14-6-12(17-3)4-5-12/h7-8H,4-6H2,1-3H3,(H3,13,14,15,16). The van der Waals surface area contributed by atoms with Crippen molar-refractivity contribution in [2.45, 2.75) is 37.4 Å². The van der Waals surface area contributed by atoms with Crippen LogP contribution < -0.4 is 11.1 Å². The van der Waals surface area contributed by atoms with Crippen LogP contribution in [0.3, 0.4) is 0 Å². The van der Waals surface area contributed by atoms with E-state index in [1.54, 1.807) is 0 Å². The summed E-state index contributed by atoms with van der Waals surface area (Å²) < 4.78 is 0.425. The van der Waals surface area contributed by atoms with Crippen LogP contribution in [0.4, 0.5) is 11.6 Å². The summed E-state index contributed by atoms with van der Waals surface area (Å²) in [5.74, 6) is 1.82. The molecule has 17 heavy (non-hydrogen) atoms. The first-order valence-electron chi connectivity index (χ1n) is 5.97. The summed E-state index contributed by atoms with van der Waals surface area (Å²) in [6.07, 6.45) is 6.28. The number of nitrogens with two attached hydrogens (primary N) is 1. The summed E-state index contributed by atoms with van der Waals surface area (Å²) in [7, 11) is 0. The normalized spacial score (nSPS) is 17.2. The van der Waals surface area contributed by atoms with Crippen molar-refractivity contribution < 1.29 is 0 Å². The number of anilines is 2. The van der Waals surface area contributed by atoms with E-state index >= 15 is 0 Å². The van der Waals surface area contributed by atoms with Crippen LogP contribution in [0.25, 0.3) is 0 Å². The first-order valence-corrected chi connectivity index (χ1v) is 7.20. The molecule has 0 saturated heterocycles. The van der Waals surface area contributed by atoms with E-state index in [2.05, 4.69) is 35.4 Å². The molecule has 0 aromatic carbocycles. The van der Waals surface area contributed by atoms with E-state index in [0.717, 1.165) is 17.9 Å². The molecule has 0 radical (unpaired) electrons. The molecule has 5 heteroatoms. The number of nitrogen functional groups attached to an aromatic ring is 1. The van der Waals surface area contributed by atoms with Gasteiger partial charge in [0.15, 0.2) is 0 Å². The van der Waals surface area contributed by atoms with E-state index in [9.17, 15) is 0 Å². The van der Waals surface area contributed by atoms with Gasteiger partial charge in [0.25, 0.3) is 0 Å². The smallest absolute Gasteiger partial charge is 0.135 e. The van der Waals surface area contributed by atoms with Gasteiger partial charge in [-0.3, -0.25) is 0 Å². The molecule has 3 N–H and O–H groups in total. The molecule has 4 nitrogen and oxygen atoms in total. The Morgan fingerprint density at radius 3 is 2.71 bits per heavy atom. The Morgan fingerprint density at radius 2 is 2.18 bits per heavy atom. The predicted molar refractivity (Wildman–Crippen MR) is 74.5 cm³/mol. The Hall–Kier alpha value is -0.970. The Kier molecular flexibility index (Phi) is 3.47. The minimum absolute atomic E-state index is 0.336. The van der Waals surface area contributed by atoms with Gasteiger partial charge in [-0.2, -0.15) is 11.8 Å². The molecule has 1 aliphatic rings. The van der Waals surface area contributed by atoms with Gasteiger partial charge in [-0.15, -0.1) is 0 Å². The van der Waals surface area contributed by atoms with Crippen molar-refractivity contribution in [3.05, 3.63) is 11.9 Å². The van der Waals surface area contributed by atoms with Crippen LogP contribution >= 0.6 is 11.8 Å². The number of rotatable bonds is 5. The van der Waals surface area contributed by atoms with Crippen LogP contribution in [-0.4, -0.2) is 27.5 Å². The number of hydrogen-bond donors (Lipinski definition) is 2. The Morgan fingerprint density at radius 1 is 1.47 bits per heavy atom. The highest BCUT2D eigenvalue weighted by atomic mass is 32.2. The summed E-state index contributed by atoms with van der Waals surface area (Å²) in [6, 6.07) is 0. The van der Waals surface area contributed by atoms with Crippen LogP contribution in [0.2, 0.25) is 0 Å². The molecule has 0 unspecified atom stereocenters. The molecule has 0 aliphatic heterocycles. The van der Waals surface area contributed by atoms with E-state index in [4.69, 9.17) is 5.73 Å². The highest BCUT2D eigenvalue weighted by Gasteiger charge is 2.41. The van der Waals surface area contributed by atoms with Gasteiger partial charge in [0.2, 0.25) is 0 Å². The maximum Gasteiger partial charge on any atom is 0.135 e. The largest absolute Gasteiger partial charge is 0.383 e. The van der Waals surface area contributed by atoms with E-state index < -0.39 is 0 Å². The molecular formula is C12H20N4S. The molecule has 0 spiro atoms. The molecule has 1 aromatic heterocycles. The van der Waals surface area contributed by atoms with Crippen LogP contribution in [0.1, 0.15) is 38.2 Å². The molecule has 1 aliphatic carbocycles. The third kappa shape index (κ3) is 2.65. The van der Waals surface area contributed by atoms with Crippen molar-refractivity contribution in [1.82, 2.24) is 9.97 Å². The van der Waals surface area contributed by atoms with Crippen molar-refractivity contribution in [1.29, 1.82) is 0 Å². The lowest BCUT2D eigenvalue weighted by atomic mass is 10.0. The fourth-order valence-electron chi connectivity index (χ4n) is 1.96. The maximum atomic E-state index is 5.91. The zero-order chi connectivity index (χ0) is 12.5. The second-order valence-corrected chi connectivity index (χ2v) is 6.19. The lowest BCUT2D eigenvalue weighted by molar-refractivity contribution is 0.843. The minimum atomic E-state index is 0.336. The maximum absolute atomic E-state index is 5.91. The van der Waals surface area contributed by atoms with Crippen molar-refractivity contribution in [3.8, 4) is 0 Å². The molecule has 1 heterocycles. The highest BCUT2D eigenvalue weighted by Crippen LogP contribution is 2.47. The second-order valence-electron chi connectivity index (χ2n) is 4.92. The molecule has 94 valence electrons. The molecule has 2 rings (SSSR count). The molecule has 0 bridgehead atoms. The van der Waals surface area contributed by atoms with Gasteiger partial charge in [-0.1, -0.05) is 13.8 Å². The van der Waals surface area contributed by atoms with E-state index in [1.165, 1.54) is 19.2 Å². The molecular weight excluding hydrogens is 232 g/mol. The first kappa shape index (κ1) is 12.5. The average molecular weight is 252 g/mol. The lowest BCUT2D eigenvalue weighted by Gasteiger charge is -2.18. The number of nitrogens with one attached hydrogen (secondary N) is 1. The summed E-state index contributed by atoms with van der Waals surface area (Å²) >= 11 is 1.94. The number of hydrogen-bond acceptors (Lipinski definition) is 5. The molecule has 0 amide bonds. The number of thioether (sulfide) groups is 1. The van der Waals surface area contributed by atoms with Crippen molar-refractivity contribution in [2.75, 3.05) is 23.9 Å². The van der Waals surface area contributed by atoms with E-state index in [-0.39, 0.29) is 0 Å². The van der Waals surface area contributed by atoms with E-state index in [0.29, 0.717) is 16.5 Å². The van der Waals surface area contributed by atoms with Gasteiger partial charge >= 0.3 is 0 Å². The SMILES string of the molecule is CSC1(CNc2ncnc(N)c2C(C)C)CC1. The van der Waals surface area contributed by atoms with Crippen molar-refractivity contribution in [2.24, 2.45) is 0 Å². The Balaban J connectivity index is 2.12. The van der Waals surface area contributed by atoms with Crippen LogP contribution in [0, 0.1) is 0 Å². The lowest BCUT2D eigenvalue weighted by Crippen LogP contribution is -2.20. The third-order valence-electron chi connectivity index (χ3n) is 3.31. The predicted octanol–water partition coefficient (Wildman–Crippen LogP) is 2.49. The van der Waals surface area contributed by atoms with Crippen molar-refractivity contribution in [3.63, 3.8) is 0 Å². The Labute approximate surface area is 107 Å². The topological polar surface area (TPSA) is 63.8 Å². The minimum Gasteiger partial charge on any atom is -0.383 e. The molecule has 1 fully saturated rings. The van der Waals surface area contributed by atoms with Gasteiger partial charge in [0.1, 0.15) is 18.0 Å². The number of aromatic nitrogens is 2. The van der Waals surface area contributed by atoms with Crippen LogP contribution in [0.5, 0.6) is 0 Å². The zero-order valence-electron chi connectivity index (χ0n) is 10.7. The van der Waals surface area contributed by atoms with Crippen molar-refractivity contribution >= 4 is 23.4 Å². The van der Waals surface area contributed by atoms with Crippen LogP contribution in [-0.2, 0) is 0 Å². The molecule has 0 atom stereocenters. The first-order chi connectivity index (χ1) is 8.08. The fraction of sp³-hybridized carbons (Fsp3) is 0.667. The average Bonchev–Trinajstić information content (AvgIpc) is 3.06. The molecule has 1 saturated carbocycles. The van der Waals surface area contributed by atoms with Gasteiger partial charge in [0, 0.05) is 16.9 Å². The summed E-state index contributed by atoms with van der Waals surface area (Å²) in [6.45, 7) is 5.19. The quantitative estimate of drug-likeness (QED) is 0.843. The van der Waals surface area contributed by atoms with Gasteiger partial charge in [-0.05, 0) is 25.0 Å². The van der Waals surface area contributed by atoms with Gasteiger partial charge in [0.05, 0.1) is 0 Å². The van der Waals surface area contributed by atoms with E-state index in [1.807, 2.05) is 11.8 Å². The summed E-state index contributed by atoms with van der Waals surface area (Å²) in [4.78, 5) is 8.38. The third-order valence-corrected chi connectivity index (χ3v) is 4.73. The van der Waals surface area contributed by atoms with Gasteiger partial charge < -0.3 is 11.1 Å². The monoisotopic (exact) mass is 252 g/mol. The fourth-order valence-corrected chi connectivity index (χ4v) is 2.68.